The average Bonchev–Trinajstić information content (AvgIpc) is 2.99. The standard InChI is InChI=1S/C18H11Cl3N2O4S/c1-18(7-14(24)25)16(26)23(12-6-8(19)2-3-13(12)27-18)17-22-11-5-9(20)4-10(21)15(11)28-17/h2-6H,7H2,1H3,(H,24,25). The van der Waals surface area contributed by atoms with Crippen molar-refractivity contribution >= 4 is 79.1 Å². The Hall–Kier alpha value is -2.06. The number of anilines is 2. The molecule has 0 saturated carbocycles. The molecule has 1 unspecified atom stereocenters. The molecule has 0 radical (unpaired) electrons. The zero-order chi connectivity index (χ0) is 20.2. The van der Waals surface area contributed by atoms with Crippen LogP contribution in [-0.4, -0.2) is 27.6 Å². The van der Waals surface area contributed by atoms with Crippen LogP contribution in [0.3, 0.4) is 0 Å². The second-order valence-corrected chi connectivity index (χ2v) is 8.65. The van der Waals surface area contributed by atoms with Crippen molar-refractivity contribution in [3.63, 3.8) is 0 Å². The van der Waals surface area contributed by atoms with Gasteiger partial charge in [-0.15, -0.1) is 0 Å². The van der Waals surface area contributed by atoms with Gasteiger partial charge in [-0.2, -0.15) is 0 Å². The van der Waals surface area contributed by atoms with E-state index in [1.54, 1.807) is 30.3 Å². The van der Waals surface area contributed by atoms with E-state index in [9.17, 15) is 14.7 Å². The number of benzene rings is 2. The highest BCUT2D eigenvalue weighted by atomic mass is 35.5. The molecular weight excluding hydrogens is 447 g/mol. The van der Waals surface area contributed by atoms with E-state index in [1.165, 1.54) is 23.2 Å². The van der Waals surface area contributed by atoms with Crippen LogP contribution < -0.4 is 9.64 Å². The van der Waals surface area contributed by atoms with E-state index in [4.69, 9.17) is 39.5 Å². The number of thiazole rings is 1. The van der Waals surface area contributed by atoms with Gasteiger partial charge in [-0.05, 0) is 37.3 Å². The molecule has 1 atom stereocenters. The Balaban J connectivity index is 1.93. The number of hydrogen-bond acceptors (Lipinski definition) is 5. The number of aromatic nitrogens is 1. The average molecular weight is 458 g/mol. The number of carbonyl (C=O) groups excluding carboxylic acids is 1. The molecule has 0 bridgehead atoms. The third-order valence-corrected chi connectivity index (χ3v) is 6.18. The van der Waals surface area contributed by atoms with Gasteiger partial charge in [0, 0.05) is 10.0 Å². The molecule has 1 aliphatic rings. The van der Waals surface area contributed by atoms with Gasteiger partial charge in [0.1, 0.15) is 5.75 Å². The number of carboxylic acids is 1. The van der Waals surface area contributed by atoms with Crippen LogP contribution in [-0.2, 0) is 9.59 Å². The molecule has 6 nitrogen and oxygen atoms in total. The smallest absolute Gasteiger partial charge is 0.307 e. The van der Waals surface area contributed by atoms with Crippen molar-refractivity contribution in [3.05, 3.63) is 45.4 Å². The van der Waals surface area contributed by atoms with Gasteiger partial charge in [-0.1, -0.05) is 46.1 Å². The first-order chi connectivity index (χ1) is 13.2. The number of ether oxygens (including phenoxy) is 1. The van der Waals surface area contributed by atoms with Crippen LogP contribution in [0.2, 0.25) is 15.1 Å². The fourth-order valence-corrected chi connectivity index (χ4v) is 4.75. The fourth-order valence-electron chi connectivity index (χ4n) is 3.02. The van der Waals surface area contributed by atoms with Crippen molar-refractivity contribution < 1.29 is 19.4 Å². The first-order valence-corrected chi connectivity index (χ1v) is 9.93. The van der Waals surface area contributed by atoms with Crippen LogP contribution in [0.15, 0.2) is 30.3 Å². The molecule has 0 aliphatic carbocycles. The molecule has 144 valence electrons. The summed E-state index contributed by atoms with van der Waals surface area (Å²) in [5.41, 5.74) is -0.701. The van der Waals surface area contributed by atoms with Gasteiger partial charge < -0.3 is 9.84 Å². The number of aliphatic carboxylic acids is 1. The molecule has 2 aromatic carbocycles. The van der Waals surface area contributed by atoms with Crippen LogP contribution in [0, 0.1) is 0 Å². The number of hydrogen-bond donors (Lipinski definition) is 1. The highest BCUT2D eigenvalue weighted by molar-refractivity contribution is 7.23. The second kappa shape index (κ2) is 6.77. The van der Waals surface area contributed by atoms with Gasteiger partial charge in [0.15, 0.2) is 10.7 Å². The van der Waals surface area contributed by atoms with E-state index in [-0.39, 0.29) is 0 Å². The van der Waals surface area contributed by atoms with E-state index in [0.717, 1.165) is 0 Å². The molecule has 1 aliphatic heterocycles. The topological polar surface area (TPSA) is 79.7 Å². The Morgan fingerprint density at radius 3 is 2.71 bits per heavy atom. The quantitative estimate of drug-likeness (QED) is 0.558. The summed E-state index contributed by atoms with van der Waals surface area (Å²) in [5.74, 6) is -1.39. The van der Waals surface area contributed by atoms with Gasteiger partial charge >= 0.3 is 5.97 Å². The van der Waals surface area contributed by atoms with Crippen LogP contribution in [0.5, 0.6) is 5.75 Å². The number of amides is 1. The normalized spacial score (nSPS) is 18.9. The number of carbonyl (C=O) groups is 2. The Kier molecular flexibility index (Phi) is 4.66. The molecule has 0 saturated heterocycles. The Bertz CT molecular complexity index is 1150. The lowest BCUT2D eigenvalue weighted by molar-refractivity contribution is -0.148. The Morgan fingerprint density at radius 1 is 1.25 bits per heavy atom. The summed E-state index contributed by atoms with van der Waals surface area (Å²) < 4.78 is 6.42. The number of rotatable bonds is 3. The van der Waals surface area contributed by atoms with E-state index >= 15 is 0 Å². The molecule has 0 spiro atoms. The van der Waals surface area contributed by atoms with Crippen molar-refractivity contribution in [2.24, 2.45) is 0 Å². The van der Waals surface area contributed by atoms with Crippen LogP contribution in [0.25, 0.3) is 10.2 Å². The lowest BCUT2D eigenvalue weighted by Crippen LogP contribution is -2.53. The summed E-state index contributed by atoms with van der Waals surface area (Å²) in [6, 6.07) is 7.99. The SMILES string of the molecule is CC1(CC(=O)O)Oc2ccc(Cl)cc2N(c2nc3cc(Cl)cc(Cl)c3s2)C1=O. The summed E-state index contributed by atoms with van der Waals surface area (Å²) in [6.45, 7) is 1.44. The lowest BCUT2D eigenvalue weighted by Gasteiger charge is -2.38. The van der Waals surface area contributed by atoms with Crippen molar-refractivity contribution in [3.8, 4) is 5.75 Å². The van der Waals surface area contributed by atoms with Crippen molar-refractivity contribution in [2.75, 3.05) is 4.90 Å². The first kappa shape index (κ1) is 19.3. The zero-order valence-corrected chi connectivity index (χ0v) is 17.3. The van der Waals surface area contributed by atoms with Crippen molar-refractivity contribution in [1.82, 2.24) is 4.98 Å². The lowest BCUT2D eigenvalue weighted by atomic mass is 9.97. The van der Waals surface area contributed by atoms with E-state index < -0.39 is 23.9 Å². The van der Waals surface area contributed by atoms with Gasteiger partial charge in [-0.3, -0.25) is 9.59 Å². The highest BCUT2D eigenvalue weighted by Crippen LogP contribution is 2.47. The minimum absolute atomic E-state index is 0.313. The van der Waals surface area contributed by atoms with Crippen LogP contribution in [0.4, 0.5) is 10.8 Å². The maximum Gasteiger partial charge on any atom is 0.307 e. The molecule has 1 aromatic heterocycles. The molecule has 3 aromatic rings. The van der Waals surface area contributed by atoms with Crippen molar-refractivity contribution in [2.45, 2.75) is 18.9 Å². The second-order valence-electron chi connectivity index (χ2n) is 6.39. The number of fused-ring (bicyclic) bond motifs is 2. The molecule has 0 fully saturated rings. The van der Waals surface area contributed by atoms with Crippen LogP contribution in [0.1, 0.15) is 13.3 Å². The Morgan fingerprint density at radius 2 is 2.00 bits per heavy atom. The number of carboxylic acid groups (broad SMARTS) is 1. The highest BCUT2D eigenvalue weighted by Gasteiger charge is 2.48. The molecule has 28 heavy (non-hydrogen) atoms. The van der Waals surface area contributed by atoms with Gasteiger partial charge in [0.05, 0.1) is 27.3 Å². The number of nitrogens with zero attached hydrogens (tertiary/aromatic N) is 2. The number of halogens is 3. The predicted octanol–water partition coefficient (Wildman–Crippen LogP) is 5.55. The van der Waals surface area contributed by atoms with Gasteiger partial charge in [0.2, 0.25) is 0 Å². The summed E-state index contributed by atoms with van der Waals surface area (Å²) in [7, 11) is 0. The summed E-state index contributed by atoms with van der Waals surface area (Å²) >= 11 is 19.6. The maximum absolute atomic E-state index is 13.3. The monoisotopic (exact) mass is 456 g/mol. The van der Waals surface area contributed by atoms with Crippen LogP contribution >= 0.6 is 46.1 Å². The molecule has 2 heterocycles. The predicted molar refractivity (Wildman–Crippen MR) is 110 cm³/mol. The summed E-state index contributed by atoms with van der Waals surface area (Å²) in [5, 5.41) is 10.8. The molecule has 4 rings (SSSR count). The summed E-state index contributed by atoms with van der Waals surface area (Å²) in [4.78, 5) is 30.4. The third kappa shape index (κ3) is 3.18. The summed E-state index contributed by atoms with van der Waals surface area (Å²) in [6.07, 6.45) is -0.512. The molecule has 1 amide bonds. The minimum atomic E-state index is -1.61. The molecule has 10 heteroatoms. The van der Waals surface area contributed by atoms with E-state index in [1.807, 2.05) is 0 Å². The van der Waals surface area contributed by atoms with Crippen molar-refractivity contribution in [1.29, 1.82) is 0 Å². The Labute approximate surface area is 178 Å². The molecular formula is C18H11Cl3N2O4S. The minimum Gasteiger partial charge on any atom is -0.481 e. The van der Waals surface area contributed by atoms with Gasteiger partial charge in [-0.25, -0.2) is 9.88 Å². The molecule has 1 N–H and O–H groups in total. The largest absolute Gasteiger partial charge is 0.481 e. The third-order valence-electron chi connectivity index (χ3n) is 4.23. The fraction of sp³-hybridized carbons (Fsp3) is 0.167. The first-order valence-electron chi connectivity index (χ1n) is 7.98. The van der Waals surface area contributed by atoms with Gasteiger partial charge in [0.25, 0.3) is 5.91 Å². The van der Waals surface area contributed by atoms with E-state index in [0.29, 0.717) is 41.9 Å². The zero-order valence-electron chi connectivity index (χ0n) is 14.2. The maximum atomic E-state index is 13.3. The van der Waals surface area contributed by atoms with E-state index in [2.05, 4.69) is 4.98 Å².